The minimum Gasteiger partial charge on any atom is -0.510 e. The van der Waals surface area contributed by atoms with Crippen LogP contribution in [0.25, 0.3) is 0 Å². The van der Waals surface area contributed by atoms with Gasteiger partial charge in [-0.3, -0.25) is 24.4 Å². The summed E-state index contributed by atoms with van der Waals surface area (Å²) in [5, 5.41) is 61.2. The molecule has 5 atom stereocenters. The molecule has 3 aliphatic rings. The van der Waals surface area contributed by atoms with Crippen molar-refractivity contribution in [3.05, 3.63) is 70.5 Å². The van der Waals surface area contributed by atoms with Gasteiger partial charge in [-0.2, -0.15) is 5.10 Å². The van der Waals surface area contributed by atoms with Crippen molar-refractivity contribution in [2.45, 2.75) is 30.6 Å². The van der Waals surface area contributed by atoms with Gasteiger partial charge in [0, 0.05) is 29.8 Å². The number of phenols is 1. The topological polar surface area (TPSA) is 210 Å². The third-order valence-electron chi connectivity index (χ3n) is 7.43. The number of likely N-dealkylation sites (N-methyl/N-ethyl adjacent to an activating group) is 1. The fourth-order valence-electron chi connectivity index (χ4n) is 5.72. The molecule has 5 rings (SSSR count). The molecule has 0 unspecified atom stereocenters. The van der Waals surface area contributed by atoms with Crippen molar-refractivity contribution in [3.8, 4) is 5.75 Å². The van der Waals surface area contributed by atoms with E-state index in [1.54, 1.807) is 12.4 Å². The van der Waals surface area contributed by atoms with E-state index in [0.717, 1.165) is 0 Å². The number of nitrogens with two attached hydrogens (primary N) is 1. The van der Waals surface area contributed by atoms with Gasteiger partial charge in [-0.15, -0.1) is 0 Å². The van der Waals surface area contributed by atoms with Crippen LogP contribution in [0.1, 0.15) is 29.3 Å². The van der Waals surface area contributed by atoms with E-state index in [4.69, 9.17) is 5.73 Å². The molecule has 37 heavy (non-hydrogen) atoms. The number of carbonyl (C=O) groups is 3. The van der Waals surface area contributed by atoms with E-state index in [1.165, 1.54) is 44.1 Å². The van der Waals surface area contributed by atoms with Crippen LogP contribution in [0.15, 0.2) is 59.3 Å². The highest BCUT2D eigenvalue weighted by atomic mass is 16.3. The number of amides is 1. The quantitative estimate of drug-likeness (QED) is 0.272. The molecule has 1 aromatic heterocycles. The van der Waals surface area contributed by atoms with Gasteiger partial charge in [-0.05, 0) is 45.1 Å². The minimum absolute atomic E-state index is 0.135. The number of Topliss-reactive ketones (excluding diaryl/α,β-unsaturated/α-hetero) is 2. The highest BCUT2D eigenvalue weighted by molar-refractivity contribution is 6.24. The molecular weight excluding hydrogens is 484 g/mol. The van der Waals surface area contributed by atoms with Crippen LogP contribution in [0.3, 0.4) is 0 Å². The van der Waals surface area contributed by atoms with E-state index < -0.39 is 75.0 Å². The van der Waals surface area contributed by atoms with Gasteiger partial charge in [0.25, 0.3) is 5.91 Å². The normalized spacial score (nSPS) is 30.8. The Hall–Kier alpha value is -4.00. The van der Waals surface area contributed by atoms with Crippen molar-refractivity contribution in [1.82, 2.24) is 15.1 Å². The van der Waals surface area contributed by atoms with Gasteiger partial charge in [0.05, 0.1) is 17.2 Å². The molecule has 12 nitrogen and oxygen atoms in total. The van der Waals surface area contributed by atoms with Gasteiger partial charge in [0.15, 0.2) is 11.4 Å². The number of H-pyrrole nitrogens is 1. The fourth-order valence-corrected chi connectivity index (χ4v) is 5.72. The number of hydrogen-bond acceptors (Lipinski definition) is 10. The Morgan fingerprint density at radius 3 is 2.35 bits per heavy atom. The Morgan fingerprint density at radius 2 is 1.84 bits per heavy atom. The summed E-state index contributed by atoms with van der Waals surface area (Å²) in [4.78, 5) is 39.9. The number of fused-ring (bicyclic) bond motifs is 3. The molecule has 1 heterocycles. The third-order valence-corrected chi connectivity index (χ3v) is 7.43. The Morgan fingerprint density at radius 1 is 1.16 bits per heavy atom. The summed E-state index contributed by atoms with van der Waals surface area (Å²) in [6, 6.07) is 4.88. The van der Waals surface area contributed by atoms with E-state index in [-0.39, 0.29) is 17.5 Å². The second kappa shape index (κ2) is 8.83. The maximum absolute atomic E-state index is 13.3. The Balaban J connectivity index is 0.000000572. The molecule has 0 radical (unpaired) electrons. The largest absolute Gasteiger partial charge is 0.510 e. The summed E-state index contributed by atoms with van der Waals surface area (Å²) < 4.78 is 0. The standard InChI is InChI=1S/C22H24N2O8.C3H4N2/c1-21(31)8-5-4-6-11(25)12(8)16(26)13-9(21)7-10-15(24(2)3)17(27)14(20(23)30)19(29)22(10,32)18(13)28;1-2-4-5-3-1/h4-6,9-10,15,25,27-28,31-32H,7H2,1-3H3,(H2,23,30);1-3H,(H,4,5)/t9-,10-,15-,21+,22-;/m0./s1. The number of nitrogens with one attached hydrogen (secondary N) is 1. The van der Waals surface area contributed by atoms with E-state index in [0.29, 0.717) is 0 Å². The van der Waals surface area contributed by atoms with Crippen molar-refractivity contribution < 1.29 is 39.9 Å². The van der Waals surface area contributed by atoms with Crippen molar-refractivity contribution in [1.29, 1.82) is 0 Å². The lowest BCUT2D eigenvalue weighted by atomic mass is 9.55. The van der Waals surface area contributed by atoms with Crippen LogP contribution in [0.4, 0.5) is 0 Å². The molecule has 0 spiro atoms. The summed E-state index contributed by atoms with van der Waals surface area (Å²) in [5.74, 6) is -7.89. The molecule has 0 bridgehead atoms. The number of aromatic amines is 1. The lowest BCUT2D eigenvalue weighted by Gasteiger charge is -2.52. The average molecular weight is 513 g/mol. The second-order valence-corrected chi connectivity index (χ2v) is 9.73. The number of aliphatic hydroxyl groups excluding tert-OH is 2. The average Bonchev–Trinajstić information content (AvgIpc) is 3.40. The number of carbonyl (C=O) groups excluding carboxylic acids is 3. The van der Waals surface area contributed by atoms with E-state index in [9.17, 15) is 39.9 Å². The van der Waals surface area contributed by atoms with E-state index in [1.807, 2.05) is 6.07 Å². The maximum atomic E-state index is 13.3. The van der Waals surface area contributed by atoms with Gasteiger partial charge in [-0.1, -0.05) is 12.1 Å². The summed E-state index contributed by atoms with van der Waals surface area (Å²) in [7, 11) is 3.06. The van der Waals surface area contributed by atoms with Crippen molar-refractivity contribution in [2.75, 3.05) is 14.1 Å². The Bertz CT molecular complexity index is 1330. The molecule has 0 aliphatic heterocycles. The molecule has 12 heteroatoms. The number of hydrogen-bond donors (Lipinski definition) is 7. The molecule has 0 saturated carbocycles. The number of primary amides is 1. The van der Waals surface area contributed by atoms with Crippen LogP contribution in [-0.4, -0.2) is 83.8 Å². The second-order valence-electron chi connectivity index (χ2n) is 9.73. The minimum atomic E-state index is -2.75. The fraction of sp³-hybridized carbons (Fsp3) is 0.360. The van der Waals surface area contributed by atoms with Gasteiger partial charge >= 0.3 is 0 Å². The number of aromatic nitrogens is 2. The third kappa shape index (κ3) is 3.64. The van der Waals surface area contributed by atoms with Gasteiger partial charge in [0.1, 0.15) is 22.8 Å². The lowest BCUT2D eigenvalue weighted by molar-refractivity contribution is -0.151. The summed E-state index contributed by atoms with van der Waals surface area (Å²) in [6.07, 6.45) is 3.26. The Labute approximate surface area is 211 Å². The van der Waals surface area contributed by atoms with E-state index >= 15 is 0 Å². The molecule has 2 aromatic rings. The first-order chi connectivity index (χ1) is 17.3. The first-order valence-electron chi connectivity index (χ1n) is 11.4. The van der Waals surface area contributed by atoms with Crippen LogP contribution < -0.4 is 5.73 Å². The SMILES string of the molecule is CN(C)[C@@H]1C(O)=C(C(N)=O)C(=O)[C@@]2(O)C(O)=C3C(=O)c4c(O)cccc4[C@@](C)(O)[C@H]3C[C@@H]12.c1cn[nH]c1. The van der Waals surface area contributed by atoms with Crippen molar-refractivity contribution in [2.24, 2.45) is 17.6 Å². The molecule has 0 fully saturated rings. The van der Waals surface area contributed by atoms with Gasteiger partial charge in [0.2, 0.25) is 5.78 Å². The van der Waals surface area contributed by atoms with Gasteiger partial charge < -0.3 is 31.3 Å². The highest BCUT2D eigenvalue weighted by Gasteiger charge is 2.65. The molecule has 196 valence electrons. The molecule has 8 N–H and O–H groups in total. The van der Waals surface area contributed by atoms with Crippen molar-refractivity contribution >= 4 is 17.5 Å². The van der Waals surface area contributed by atoms with Gasteiger partial charge in [-0.25, -0.2) is 0 Å². The molecule has 1 amide bonds. The van der Waals surface area contributed by atoms with Crippen LogP contribution in [-0.2, 0) is 15.2 Å². The Kier molecular flexibility index (Phi) is 6.23. The maximum Gasteiger partial charge on any atom is 0.255 e. The summed E-state index contributed by atoms with van der Waals surface area (Å²) >= 11 is 0. The summed E-state index contributed by atoms with van der Waals surface area (Å²) in [6.45, 7) is 1.40. The molecule has 0 saturated heterocycles. The first-order valence-corrected chi connectivity index (χ1v) is 11.4. The zero-order valence-corrected chi connectivity index (χ0v) is 20.3. The number of benzene rings is 1. The number of aliphatic hydroxyl groups is 4. The monoisotopic (exact) mass is 512 g/mol. The number of rotatable bonds is 2. The summed E-state index contributed by atoms with van der Waals surface area (Å²) in [5.41, 5.74) is -0.654. The zero-order valence-electron chi connectivity index (χ0n) is 20.3. The van der Waals surface area contributed by atoms with Crippen LogP contribution >= 0.6 is 0 Å². The smallest absolute Gasteiger partial charge is 0.255 e. The predicted molar refractivity (Wildman–Crippen MR) is 128 cm³/mol. The predicted octanol–water partition coefficient (Wildman–Crippen LogP) is 0.195. The number of aromatic hydroxyl groups is 1. The molecular formula is C25H28N4O8. The molecule has 1 aromatic carbocycles. The lowest BCUT2D eigenvalue weighted by Crippen LogP contribution is -2.65. The number of nitrogens with zero attached hydrogens (tertiary/aromatic N) is 2. The zero-order chi connectivity index (χ0) is 27.4. The molecule has 3 aliphatic carbocycles. The number of ketones is 2. The van der Waals surface area contributed by atoms with E-state index in [2.05, 4.69) is 10.2 Å². The van der Waals surface area contributed by atoms with Crippen LogP contribution in [0.2, 0.25) is 0 Å². The van der Waals surface area contributed by atoms with Crippen LogP contribution in [0, 0.1) is 11.8 Å². The van der Waals surface area contributed by atoms with Crippen molar-refractivity contribution in [3.63, 3.8) is 0 Å². The van der Waals surface area contributed by atoms with Crippen LogP contribution in [0.5, 0.6) is 5.75 Å². The number of phenolic OH excluding ortho intramolecular Hbond substituents is 1. The highest BCUT2D eigenvalue weighted by Crippen LogP contribution is 2.56. The first kappa shape index (κ1) is 26.1.